The predicted molar refractivity (Wildman–Crippen MR) is 131 cm³/mol. The highest BCUT2D eigenvalue weighted by atomic mass is 16.6. The molecule has 0 bridgehead atoms. The van der Waals surface area contributed by atoms with Gasteiger partial charge in [0.2, 0.25) is 5.76 Å². The van der Waals surface area contributed by atoms with Crippen molar-refractivity contribution >= 4 is 17.7 Å². The fourth-order valence-electron chi connectivity index (χ4n) is 3.37. The molecule has 1 aromatic heterocycles. The minimum Gasteiger partial charge on any atom is -0.478 e. The smallest absolute Gasteiger partial charge is 0.412 e. The summed E-state index contributed by atoms with van der Waals surface area (Å²) in [5.74, 6) is 5.17. The molecule has 1 amide bonds. The number of amides is 1. The minimum absolute atomic E-state index is 0.222. The molecule has 4 rings (SSSR count). The molecule has 7 heteroatoms. The van der Waals surface area contributed by atoms with Gasteiger partial charge in [-0.15, -0.1) is 0 Å². The highest BCUT2D eigenvalue weighted by molar-refractivity contribution is 5.88. The van der Waals surface area contributed by atoms with Crippen molar-refractivity contribution in [1.29, 1.82) is 0 Å². The lowest BCUT2D eigenvalue weighted by atomic mass is 10.0. The molecule has 1 heterocycles. The molecule has 7 nitrogen and oxygen atoms in total. The Labute approximate surface area is 202 Å². The molecule has 2 N–H and O–H groups in total. The third kappa shape index (κ3) is 5.75. The van der Waals surface area contributed by atoms with E-state index in [-0.39, 0.29) is 11.3 Å². The summed E-state index contributed by atoms with van der Waals surface area (Å²) in [6.07, 6.45) is -1.06. The van der Waals surface area contributed by atoms with Gasteiger partial charge in [0.1, 0.15) is 17.5 Å². The van der Waals surface area contributed by atoms with Crippen LogP contribution in [0.5, 0.6) is 0 Å². The average Bonchev–Trinajstić information content (AvgIpc) is 3.22. The molecule has 0 spiro atoms. The normalized spacial score (nSPS) is 11.1. The van der Waals surface area contributed by atoms with Gasteiger partial charge >= 0.3 is 12.1 Å². The Morgan fingerprint density at radius 2 is 1.57 bits per heavy atom. The fraction of sp³-hybridized carbons (Fsp3) is 0.107. The maximum Gasteiger partial charge on any atom is 0.412 e. The first-order valence-corrected chi connectivity index (χ1v) is 10.9. The Kier molecular flexibility index (Phi) is 6.94. The molecule has 0 aliphatic rings. The summed E-state index contributed by atoms with van der Waals surface area (Å²) >= 11 is 0. The van der Waals surface area contributed by atoms with Crippen LogP contribution in [0.25, 0.3) is 11.1 Å². The molecule has 0 fully saturated rings. The highest BCUT2D eigenvalue weighted by Gasteiger charge is 2.17. The van der Waals surface area contributed by atoms with E-state index in [0.29, 0.717) is 11.4 Å². The van der Waals surface area contributed by atoms with Crippen molar-refractivity contribution in [2.45, 2.75) is 20.0 Å². The number of aromatic carboxylic acids is 1. The van der Waals surface area contributed by atoms with Crippen molar-refractivity contribution in [2.24, 2.45) is 0 Å². The summed E-state index contributed by atoms with van der Waals surface area (Å²) < 4.78 is 10.7. The highest BCUT2D eigenvalue weighted by Crippen LogP contribution is 2.23. The van der Waals surface area contributed by atoms with Gasteiger partial charge in [-0.2, -0.15) is 0 Å². The van der Waals surface area contributed by atoms with Gasteiger partial charge in [0, 0.05) is 5.56 Å². The molecule has 4 aromatic rings. The first kappa shape index (κ1) is 23.3. The van der Waals surface area contributed by atoms with Crippen LogP contribution in [0, 0.1) is 18.8 Å². The van der Waals surface area contributed by atoms with Crippen molar-refractivity contribution in [2.75, 3.05) is 5.32 Å². The average molecular weight is 466 g/mol. The van der Waals surface area contributed by atoms with Crippen molar-refractivity contribution in [3.05, 3.63) is 107 Å². The lowest BCUT2D eigenvalue weighted by Gasteiger charge is -2.13. The minimum atomic E-state index is -0.961. The maximum atomic E-state index is 12.4. The topological polar surface area (TPSA) is 102 Å². The third-order valence-electron chi connectivity index (χ3n) is 5.31. The Balaban J connectivity index is 1.44. The van der Waals surface area contributed by atoms with E-state index in [4.69, 9.17) is 14.4 Å². The molecule has 35 heavy (non-hydrogen) atoms. The van der Waals surface area contributed by atoms with Gasteiger partial charge in [-0.25, -0.2) is 9.59 Å². The number of nitrogens with one attached hydrogen (secondary N) is 1. The Morgan fingerprint density at radius 1 is 0.943 bits per heavy atom. The molecule has 3 aromatic carbocycles. The number of carbonyl (C=O) groups is 2. The van der Waals surface area contributed by atoms with E-state index >= 15 is 0 Å². The van der Waals surface area contributed by atoms with E-state index < -0.39 is 18.2 Å². The second kappa shape index (κ2) is 10.4. The van der Waals surface area contributed by atoms with Crippen LogP contribution in [0.4, 0.5) is 10.5 Å². The number of hydrogen-bond acceptors (Lipinski definition) is 5. The van der Waals surface area contributed by atoms with Crippen LogP contribution in [0.3, 0.4) is 0 Å². The lowest BCUT2D eigenvalue weighted by Crippen LogP contribution is -2.16. The fourth-order valence-corrected chi connectivity index (χ4v) is 3.37. The molecule has 0 saturated carbocycles. The first-order chi connectivity index (χ1) is 16.9. The van der Waals surface area contributed by atoms with Gasteiger partial charge in [0.25, 0.3) is 0 Å². The van der Waals surface area contributed by atoms with Crippen LogP contribution in [-0.2, 0) is 4.74 Å². The van der Waals surface area contributed by atoms with Crippen molar-refractivity contribution < 1.29 is 24.0 Å². The number of carbonyl (C=O) groups excluding carboxylic acids is 1. The molecule has 174 valence electrons. The number of aromatic nitrogens is 1. The summed E-state index contributed by atoms with van der Waals surface area (Å²) in [6.45, 7) is 3.50. The first-order valence-electron chi connectivity index (χ1n) is 10.9. The second-order valence-corrected chi connectivity index (χ2v) is 7.77. The van der Waals surface area contributed by atoms with Gasteiger partial charge < -0.3 is 14.4 Å². The largest absolute Gasteiger partial charge is 0.478 e. The Morgan fingerprint density at radius 3 is 2.20 bits per heavy atom. The summed E-state index contributed by atoms with van der Waals surface area (Å²) in [5, 5.41) is 15.6. The molecule has 0 aliphatic carbocycles. The molecule has 1 atom stereocenters. The van der Waals surface area contributed by atoms with E-state index in [1.165, 1.54) is 0 Å². The number of nitrogens with zero attached hydrogens (tertiary/aromatic N) is 1. The number of rotatable bonds is 5. The zero-order chi connectivity index (χ0) is 24.8. The van der Waals surface area contributed by atoms with Crippen LogP contribution < -0.4 is 5.32 Å². The summed E-state index contributed by atoms with van der Waals surface area (Å²) in [6, 6.07) is 23.6. The number of anilines is 1. The van der Waals surface area contributed by atoms with Crippen molar-refractivity contribution in [1.82, 2.24) is 5.16 Å². The van der Waals surface area contributed by atoms with Crippen LogP contribution >= 0.6 is 0 Å². The Hall–Kier alpha value is -4.83. The summed E-state index contributed by atoms with van der Waals surface area (Å²) in [7, 11) is 0. The number of carboxylic acid groups (broad SMARTS) is 1. The number of aryl methyl sites for hydroxylation is 1. The SMILES string of the molecule is Cc1noc(C#Cc2ccc(-c3ccc(C(=O)O)cc3)cc2)c1NC(=O)OC(C)c1ccccc1. The Bertz CT molecular complexity index is 1400. The zero-order valence-electron chi connectivity index (χ0n) is 19.1. The molecule has 1 unspecified atom stereocenters. The molecular formula is C28H22N2O5. The summed E-state index contributed by atoms with van der Waals surface area (Å²) in [5.41, 5.74) is 4.52. The van der Waals surface area contributed by atoms with E-state index in [1.807, 2.05) is 54.6 Å². The molecule has 0 aliphatic heterocycles. The van der Waals surface area contributed by atoms with Crippen LogP contribution in [-0.4, -0.2) is 22.3 Å². The van der Waals surface area contributed by atoms with Crippen LogP contribution in [0.2, 0.25) is 0 Å². The number of carboxylic acids is 1. The lowest BCUT2D eigenvalue weighted by molar-refractivity contribution is 0.0696. The summed E-state index contributed by atoms with van der Waals surface area (Å²) in [4.78, 5) is 23.4. The van der Waals surface area contributed by atoms with E-state index in [0.717, 1.165) is 22.3 Å². The van der Waals surface area contributed by atoms with Gasteiger partial charge in [0.15, 0.2) is 0 Å². The number of ether oxygens (including phenoxy) is 1. The van der Waals surface area contributed by atoms with Crippen molar-refractivity contribution in [3.63, 3.8) is 0 Å². The van der Waals surface area contributed by atoms with E-state index in [1.54, 1.807) is 38.1 Å². The predicted octanol–water partition coefficient (Wildman–Crippen LogP) is 6.06. The standard InChI is InChI=1S/C28H22N2O5/c1-18-26(29-28(33)34-19(2)21-6-4-3-5-7-21)25(35-30-18)17-10-20-8-11-22(12-9-20)23-13-15-24(16-14-23)27(31)32/h3-9,11-16,19H,1-2H3,(H,29,33)(H,31,32). The van der Waals surface area contributed by atoms with E-state index in [9.17, 15) is 9.59 Å². The number of hydrogen-bond donors (Lipinski definition) is 2. The van der Waals surface area contributed by atoms with Crippen molar-refractivity contribution in [3.8, 4) is 23.0 Å². The van der Waals surface area contributed by atoms with Gasteiger partial charge in [0.05, 0.1) is 5.56 Å². The van der Waals surface area contributed by atoms with E-state index in [2.05, 4.69) is 22.3 Å². The van der Waals surface area contributed by atoms with Crippen LogP contribution in [0.15, 0.2) is 83.4 Å². The second-order valence-electron chi connectivity index (χ2n) is 7.77. The van der Waals surface area contributed by atoms with Gasteiger partial charge in [-0.3, -0.25) is 5.32 Å². The zero-order valence-corrected chi connectivity index (χ0v) is 19.1. The molecular weight excluding hydrogens is 444 g/mol. The number of benzene rings is 3. The molecule has 0 radical (unpaired) electrons. The quantitative estimate of drug-likeness (QED) is 0.347. The van der Waals surface area contributed by atoms with Gasteiger partial charge in [-0.1, -0.05) is 65.7 Å². The van der Waals surface area contributed by atoms with Gasteiger partial charge in [-0.05, 0) is 60.7 Å². The maximum absolute atomic E-state index is 12.4. The molecule has 0 saturated heterocycles. The monoisotopic (exact) mass is 466 g/mol. The van der Waals surface area contributed by atoms with Crippen LogP contribution in [0.1, 0.15) is 46.0 Å². The third-order valence-corrected chi connectivity index (χ3v) is 5.31.